The Balaban J connectivity index is 2.21. The van der Waals surface area contributed by atoms with Gasteiger partial charge in [-0.1, -0.05) is 18.5 Å². The van der Waals surface area contributed by atoms with E-state index in [1.54, 1.807) is 0 Å². The summed E-state index contributed by atoms with van der Waals surface area (Å²) in [6, 6.07) is -0.0793. The Labute approximate surface area is 112 Å². The Bertz CT molecular complexity index is 560. The fourth-order valence-corrected chi connectivity index (χ4v) is 3.79. The molecule has 100 valence electrons. The van der Waals surface area contributed by atoms with Crippen LogP contribution in [-0.2, 0) is 16.3 Å². The molecule has 0 radical (unpaired) electrons. The van der Waals surface area contributed by atoms with Crippen LogP contribution in [0.4, 0.5) is 5.82 Å². The third-order valence-corrected chi connectivity index (χ3v) is 5.16. The Hall–Kier alpha value is -0.880. The van der Waals surface area contributed by atoms with Crippen molar-refractivity contribution in [2.75, 3.05) is 16.8 Å². The van der Waals surface area contributed by atoms with Crippen LogP contribution in [0.15, 0.2) is 0 Å². The van der Waals surface area contributed by atoms with E-state index in [1.165, 1.54) is 0 Å². The lowest BCUT2D eigenvalue weighted by Gasteiger charge is -2.15. The van der Waals surface area contributed by atoms with Gasteiger partial charge in [-0.15, -0.1) is 0 Å². The molecule has 0 aromatic carbocycles. The molecule has 1 aromatic rings. The summed E-state index contributed by atoms with van der Waals surface area (Å²) < 4.78 is 22.8. The molecule has 1 aromatic heterocycles. The van der Waals surface area contributed by atoms with Crippen molar-refractivity contribution in [3.05, 3.63) is 16.5 Å². The number of aromatic nitrogens is 2. The van der Waals surface area contributed by atoms with Crippen LogP contribution in [0.2, 0.25) is 5.15 Å². The average Bonchev–Trinajstić information content (AvgIpc) is 2.64. The van der Waals surface area contributed by atoms with Crippen molar-refractivity contribution in [3.8, 4) is 0 Å². The summed E-state index contributed by atoms with van der Waals surface area (Å²) >= 11 is 6.03. The van der Waals surface area contributed by atoms with E-state index in [0.717, 1.165) is 5.56 Å². The first-order valence-electron chi connectivity index (χ1n) is 5.91. The second kappa shape index (κ2) is 5.01. The van der Waals surface area contributed by atoms with Gasteiger partial charge in [0.05, 0.1) is 11.5 Å². The van der Waals surface area contributed by atoms with Crippen LogP contribution in [-0.4, -0.2) is 35.9 Å². The third-order valence-electron chi connectivity index (χ3n) is 3.02. The maximum atomic E-state index is 11.4. The lowest BCUT2D eigenvalue weighted by Crippen LogP contribution is -2.22. The Morgan fingerprint density at radius 1 is 1.44 bits per heavy atom. The number of sulfone groups is 1. The first kappa shape index (κ1) is 13.5. The van der Waals surface area contributed by atoms with E-state index in [-0.39, 0.29) is 17.5 Å². The molecular weight excluding hydrogens is 274 g/mol. The van der Waals surface area contributed by atoms with E-state index in [0.29, 0.717) is 29.6 Å². The van der Waals surface area contributed by atoms with Gasteiger partial charge in [0.25, 0.3) is 0 Å². The Morgan fingerprint density at radius 3 is 2.72 bits per heavy atom. The number of nitrogens with one attached hydrogen (secondary N) is 1. The smallest absolute Gasteiger partial charge is 0.152 e. The van der Waals surface area contributed by atoms with E-state index in [1.807, 2.05) is 13.8 Å². The van der Waals surface area contributed by atoms with Crippen molar-refractivity contribution in [3.63, 3.8) is 0 Å². The summed E-state index contributed by atoms with van der Waals surface area (Å²) in [5.74, 6) is 1.71. The minimum Gasteiger partial charge on any atom is -0.366 e. The van der Waals surface area contributed by atoms with Crippen molar-refractivity contribution in [2.24, 2.45) is 0 Å². The van der Waals surface area contributed by atoms with Crippen LogP contribution in [0.5, 0.6) is 0 Å². The summed E-state index contributed by atoms with van der Waals surface area (Å²) in [5.41, 5.74) is 0.762. The highest BCUT2D eigenvalue weighted by Crippen LogP contribution is 2.23. The molecule has 0 spiro atoms. The van der Waals surface area contributed by atoms with Crippen LogP contribution >= 0.6 is 11.6 Å². The molecule has 1 aliphatic heterocycles. The lowest BCUT2D eigenvalue weighted by molar-refractivity contribution is 0.602. The van der Waals surface area contributed by atoms with Crippen molar-refractivity contribution in [1.82, 2.24) is 9.97 Å². The summed E-state index contributed by atoms with van der Waals surface area (Å²) in [6.07, 6.45) is 1.31. The standard InChI is InChI=1S/C11H16ClN3O2S/c1-3-9-14-10(12)7(2)11(15-9)13-8-4-5-18(16,17)6-8/h8H,3-6H2,1-2H3,(H,13,14,15). The maximum Gasteiger partial charge on any atom is 0.152 e. The van der Waals surface area contributed by atoms with Crippen molar-refractivity contribution < 1.29 is 8.42 Å². The van der Waals surface area contributed by atoms with Crippen LogP contribution in [0.1, 0.15) is 24.7 Å². The molecule has 5 nitrogen and oxygen atoms in total. The molecule has 1 N–H and O–H groups in total. The molecule has 1 fully saturated rings. The summed E-state index contributed by atoms with van der Waals surface area (Å²) in [5, 5.41) is 3.59. The van der Waals surface area contributed by atoms with Gasteiger partial charge in [0, 0.05) is 18.0 Å². The summed E-state index contributed by atoms with van der Waals surface area (Å²) in [6.45, 7) is 3.78. The molecule has 0 saturated carbocycles. The fraction of sp³-hybridized carbons (Fsp3) is 0.636. The first-order valence-corrected chi connectivity index (χ1v) is 8.11. The molecule has 1 atom stereocenters. The zero-order valence-electron chi connectivity index (χ0n) is 10.4. The first-order chi connectivity index (χ1) is 8.41. The molecule has 1 aliphatic rings. The Morgan fingerprint density at radius 2 is 2.17 bits per heavy atom. The fourth-order valence-electron chi connectivity index (χ4n) is 1.93. The SMILES string of the molecule is CCc1nc(Cl)c(C)c(NC2CCS(=O)(=O)C2)n1. The lowest BCUT2D eigenvalue weighted by atomic mass is 10.2. The van der Waals surface area contributed by atoms with Crippen molar-refractivity contribution in [2.45, 2.75) is 32.7 Å². The van der Waals surface area contributed by atoms with E-state index < -0.39 is 9.84 Å². The average molecular weight is 290 g/mol. The minimum atomic E-state index is -2.89. The molecule has 1 unspecified atom stereocenters. The number of aryl methyl sites for hydroxylation is 1. The van der Waals surface area contributed by atoms with Crippen LogP contribution in [0, 0.1) is 6.92 Å². The quantitative estimate of drug-likeness (QED) is 0.856. The highest BCUT2D eigenvalue weighted by molar-refractivity contribution is 7.91. The van der Waals surface area contributed by atoms with E-state index >= 15 is 0 Å². The number of nitrogens with zero attached hydrogens (tertiary/aromatic N) is 2. The van der Waals surface area contributed by atoms with Crippen molar-refractivity contribution in [1.29, 1.82) is 0 Å². The topological polar surface area (TPSA) is 72.0 Å². The Kier molecular flexibility index (Phi) is 3.77. The van der Waals surface area contributed by atoms with Gasteiger partial charge in [0.15, 0.2) is 9.84 Å². The second-order valence-corrected chi connectivity index (χ2v) is 7.09. The molecule has 0 aliphatic carbocycles. The summed E-state index contributed by atoms with van der Waals surface area (Å²) in [4.78, 5) is 8.51. The van der Waals surface area contributed by atoms with Gasteiger partial charge in [-0.25, -0.2) is 18.4 Å². The minimum absolute atomic E-state index is 0.0793. The number of anilines is 1. The van der Waals surface area contributed by atoms with Gasteiger partial charge in [0.2, 0.25) is 0 Å². The predicted octanol–water partition coefficient (Wildman–Crippen LogP) is 1.60. The molecule has 0 amide bonds. The van der Waals surface area contributed by atoms with Crippen LogP contribution in [0.3, 0.4) is 0 Å². The zero-order chi connectivity index (χ0) is 13.3. The van der Waals surface area contributed by atoms with Gasteiger partial charge in [0.1, 0.15) is 16.8 Å². The number of hydrogen-bond acceptors (Lipinski definition) is 5. The van der Waals surface area contributed by atoms with E-state index in [9.17, 15) is 8.42 Å². The largest absolute Gasteiger partial charge is 0.366 e. The monoisotopic (exact) mass is 289 g/mol. The van der Waals surface area contributed by atoms with Gasteiger partial charge in [-0.05, 0) is 13.3 Å². The van der Waals surface area contributed by atoms with Gasteiger partial charge in [-0.2, -0.15) is 0 Å². The number of halogens is 1. The van der Waals surface area contributed by atoms with Gasteiger partial charge < -0.3 is 5.32 Å². The highest BCUT2D eigenvalue weighted by Gasteiger charge is 2.28. The molecule has 0 bridgehead atoms. The van der Waals surface area contributed by atoms with E-state index in [4.69, 9.17) is 11.6 Å². The normalized spacial score (nSPS) is 22.1. The van der Waals surface area contributed by atoms with Crippen LogP contribution in [0.25, 0.3) is 0 Å². The third kappa shape index (κ3) is 2.92. The number of hydrogen-bond donors (Lipinski definition) is 1. The molecule has 2 heterocycles. The molecule has 18 heavy (non-hydrogen) atoms. The molecular formula is C11H16ClN3O2S. The summed E-state index contributed by atoms with van der Waals surface area (Å²) in [7, 11) is -2.89. The molecule has 2 rings (SSSR count). The number of rotatable bonds is 3. The van der Waals surface area contributed by atoms with Gasteiger partial charge >= 0.3 is 0 Å². The maximum absolute atomic E-state index is 11.4. The predicted molar refractivity (Wildman–Crippen MR) is 71.8 cm³/mol. The van der Waals surface area contributed by atoms with Gasteiger partial charge in [-0.3, -0.25) is 0 Å². The second-order valence-electron chi connectivity index (χ2n) is 4.50. The molecule has 1 saturated heterocycles. The molecule has 7 heteroatoms. The zero-order valence-corrected chi connectivity index (χ0v) is 12.0. The van der Waals surface area contributed by atoms with Crippen LogP contribution < -0.4 is 5.32 Å². The van der Waals surface area contributed by atoms with E-state index in [2.05, 4.69) is 15.3 Å². The van der Waals surface area contributed by atoms with Crippen molar-refractivity contribution >= 4 is 27.3 Å². The highest BCUT2D eigenvalue weighted by atomic mass is 35.5.